The minimum Gasteiger partial charge on any atom is -0.467 e. The molecule has 134 valence electrons. The van der Waals surface area contributed by atoms with Gasteiger partial charge in [0.05, 0.1) is 18.6 Å². The predicted octanol–water partition coefficient (Wildman–Crippen LogP) is 2.30. The summed E-state index contributed by atoms with van der Waals surface area (Å²) in [7, 11) is 0. The van der Waals surface area contributed by atoms with Gasteiger partial charge in [0.25, 0.3) is 5.91 Å². The second kappa shape index (κ2) is 9.02. The third kappa shape index (κ3) is 5.33. The third-order valence-corrected chi connectivity index (χ3v) is 5.09. The number of nitrogens with zero attached hydrogens (tertiary/aromatic N) is 2. The topological polar surface area (TPSA) is 109 Å². The number of nitrogens with one attached hydrogen (secondary N) is 3. The Morgan fingerprint density at radius 1 is 1.08 bits per heavy atom. The van der Waals surface area contributed by atoms with Crippen LogP contribution in [0.4, 0.5) is 5.13 Å². The molecule has 0 radical (unpaired) electrons. The van der Waals surface area contributed by atoms with Gasteiger partial charge in [0, 0.05) is 5.56 Å². The average molecular weight is 389 g/mol. The van der Waals surface area contributed by atoms with Crippen LogP contribution in [0.1, 0.15) is 16.1 Å². The van der Waals surface area contributed by atoms with Crippen LogP contribution in [-0.4, -0.2) is 27.8 Å². The molecule has 3 aromatic rings. The number of anilines is 1. The van der Waals surface area contributed by atoms with Crippen LogP contribution in [0.15, 0.2) is 57.5 Å². The second-order valence-corrected chi connectivity index (χ2v) is 7.16. The maximum atomic E-state index is 11.8. The molecule has 2 aromatic heterocycles. The van der Waals surface area contributed by atoms with Crippen molar-refractivity contribution >= 4 is 40.0 Å². The molecule has 0 atom stereocenters. The van der Waals surface area contributed by atoms with E-state index in [2.05, 4.69) is 26.4 Å². The predicted molar refractivity (Wildman–Crippen MR) is 98.7 cm³/mol. The summed E-state index contributed by atoms with van der Waals surface area (Å²) < 4.78 is 5.87. The Labute approximate surface area is 157 Å². The highest BCUT2D eigenvalue weighted by molar-refractivity contribution is 8.01. The monoisotopic (exact) mass is 389 g/mol. The lowest BCUT2D eigenvalue weighted by atomic mass is 10.2. The van der Waals surface area contributed by atoms with E-state index in [1.165, 1.54) is 23.1 Å². The van der Waals surface area contributed by atoms with Crippen LogP contribution in [-0.2, 0) is 11.3 Å². The van der Waals surface area contributed by atoms with Gasteiger partial charge in [-0.2, -0.15) is 0 Å². The van der Waals surface area contributed by atoms with Crippen molar-refractivity contribution in [2.24, 2.45) is 0 Å². The van der Waals surface area contributed by atoms with Gasteiger partial charge in [0.15, 0.2) is 4.34 Å². The van der Waals surface area contributed by atoms with Crippen LogP contribution in [0, 0.1) is 0 Å². The van der Waals surface area contributed by atoms with Crippen LogP contribution in [0.25, 0.3) is 0 Å². The summed E-state index contributed by atoms with van der Waals surface area (Å²) in [6.45, 7) is 0.512. The molecule has 0 fully saturated rings. The molecule has 2 heterocycles. The molecule has 8 nitrogen and oxygen atoms in total. The Morgan fingerprint density at radius 2 is 1.92 bits per heavy atom. The highest BCUT2D eigenvalue weighted by atomic mass is 32.2. The Balaban J connectivity index is 1.38. The summed E-state index contributed by atoms with van der Waals surface area (Å²) >= 11 is 2.58. The molecular weight excluding hydrogens is 374 g/mol. The van der Waals surface area contributed by atoms with E-state index in [0.29, 0.717) is 21.6 Å². The van der Waals surface area contributed by atoms with E-state index in [-0.39, 0.29) is 17.6 Å². The van der Waals surface area contributed by atoms with Crippen LogP contribution >= 0.6 is 23.1 Å². The molecule has 0 unspecified atom stereocenters. The van der Waals surface area contributed by atoms with Gasteiger partial charge in [-0.05, 0) is 24.3 Å². The van der Waals surface area contributed by atoms with Crippen molar-refractivity contribution in [2.45, 2.75) is 10.9 Å². The molecule has 26 heavy (non-hydrogen) atoms. The van der Waals surface area contributed by atoms with Crippen LogP contribution in [0.3, 0.4) is 0 Å². The fraction of sp³-hybridized carbons (Fsp3) is 0.125. The molecule has 0 saturated carbocycles. The summed E-state index contributed by atoms with van der Waals surface area (Å²) in [6, 6.07) is 12.3. The zero-order valence-electron chi connectivity index (χ0n) is 13.5. The number of hydrogen-bond acceptors (Lipinski definition) is 8. The molecule has 0 saturated heterocycles. The molecule has 2 amide bonds. The zero-order chi connectivity index (χ0) is 18.2. The van der Waals surface area contributed by atoms with Gasteiger partial charge in [-0.15, -0.1) is 10.2 Å². The lowest BCUT2D eigenvalue weighted by molar-refractivity contribution is -0.119. The van der Waals surface area contributed by atoms with E-state index in [4.69, 9.17) is 4.42 Å². The molecule has 1 aromatic carbocycles. The summed E-state index contributed by atoms with van der Waals surface area (Å²) in [6.07, 6.45) is 1.60. The van der Waals surface area contributed by atoms with Crippen molar-refractivity contribution < 1.29 is 14.0 Å². The lowest BCUT2D eigenvalue weighted by Crippen LogP contribution is -2.42. The summed E-state index contributed by atoms with van der Waals surface area (Å²) in [5, 5.41) is 11.7. The van der Waals surface area contributed by atoms with E-state index in [0.717, 1.165) is 5.76 Å². The highest BCUT2D eigenvalue weighted by Gasteiger charge is 2.10. The Bertz CT molecular complexity index is 852. The number of hydrogen-bond donors (Lipinski definition) is 3. The largest absolute Gasteiger partial charge is 0.467 e. The molecule has 3 N–H and O–H groups in total. The van der Waals surface area contributed by atoms with Crippen molar-refractivity contribution in [3.8, 4) is 0 Å². The highest BCUT2D eigenvalue weighted by Crippen LogP contribution is 2.25. The van der Waals surface area contributed by atoms with Gasteiger partial charge < -0.3 is 9.73 Å². The first-order valence-electron chi connectivity index (χ1n) is 7.57. The number of aromatic nitrogens is 2. The Morgan fingerprint density at radius 3 is 2.69 bits per heavy atom. The lowest BCUT2D eigenvalue weighted by Gasteiger charge is -2.06. The van der Waals surface area contributed by atoms with Crippen molar-refractivity contribution in [3.63, 3.8) is 0 Å². The van der Waals surface area contributed by atoms with Crippen molar-refractivity contribution in [2.75, 3.05) is 11.1 Å². The minimum atomic E-state index is -0.371. The maximum absolute atomic E-state index is 11.8. The van der Waals surface area contributed by atoms with Gasteiger partial charge in [-0.1, -0.05) is 41.3 Å². The number of carbonyl (C=O) groups is 2. The van der Waals surface area contributed by atoms with Gasteiger partial charge in [0.1, 0.15) is 5.76 Å². The minimum absolute atomic E-state index is 0.113. The summed E-state index contributed by atoms with van der Waals surface area (Å²) in [4.78, 5) is 23.6. The molecule has 0 spiro atoms. The number of carbonyl (C=O) groups excluding carboxylic acids is 2. The molecule has 0 bridgehead atoms. The molecule has 0 aliphatic carbocycles. The van der Waals surface area contributed by atoms with Gasteiger partial charge in [-0.3, -0.25) is 20.4 Å². The summed E-state index contributed by atoms with van der Waals surface area (Å²) in [5.41, 5.74) is 5.21. The molecule has 10 heteroatoms. The summed E-state index contributed by atoms with van der Waals surface area (Å²) in [5.74, 6) is 0.203. The van der Waals surface area contributed by atoms with Crippen LogP contribution in [0.5, 0.6) is 0 Å². The fourth-order valence-corrected chi connectivity index (χ4v) is 3.41. The number of benzene rings is 1. The van der Waals surface area contributed by atoms with E-state index in [1.54, 1.807) is 30.5 Å². The number of hydrazine groups is 1. The number of rotatable bonds is 7. The SMILES string of the molecule is O=C(CSc1nnc(NCc2ccco2)s1)NNC(=O)c1ccccc1. The number of furan rings is 1. The molecule has 0 aliphatic heterocycles. The standard InChI is InChI=1S/C16H15N5O3S2/c22-13(18-19-14(23)11-5-2-1-3-6-11)10-25-16-21-20-15(26-16)17-9-12-7-4-8-24-12/h1-8H,9-10H2,(H,17,20)(H,18,22)(H,19,23). The quantitative estimate of drug-likeness (QED) is 0.420. The first-order valence-corrected chi connectivity index (χ1v) is 9.38. The van der Waals surface area contributed by atoms with E-state index in [9.17, 15) is 9.59 Å². The Hall–Kier alpha value is -2.85. The second-order valence-electron chi connectivity index (χ2n) is 4.96. The molecule has 0 aliphatic rings. The van der Waals surface area contributed by atoms with E-state index >= 15 is 0 Å². The van der Waals surface area contributed by atoms with Crippen LogP contribution < -0.4 is 16.2 Å². The van der Waals surface area contributed by atoms with Crippen LogP contribution in [0.2, 0.25) is 0 Å². The van der Waals surface area contributed by atoms with Gasteiger partial charge >= 0.3 is 0 Å². The Kier molecular flexibility index (Phi) is 6.23. The van der Waals surface area contributed by atoms with E-state index in [1.807, 2.05) is 18.2 Å². The number of amides is 2. The normalized spacial score (nSPS) is 10.3. The smallest absolute Gasteiger partial charge is 0.269 e. The van der Waals surface area contributed by atoms with Gasteiger partial charge in [-0.25, -0.2) is 0 Å². The first-order chi connectivity index (χ1) is 12.7. The van der Waals surface area contributed by atoms with Crippen molar-refractivity contribution in [1.82, 2.24) is 21.0 Å². The van der Waals surface area contributed by atoms with Crippen molar-refractivity contribution in [3.05, 3.63) is 60.1 Å². The molecular formula is C16H15N5O3S2. The molecule has 3 rings (SSSR count). The zero-order valence-corrected chi connectivity index (χ0v) is 15.1. The van der Waals surface area contributed by atoms with Gasteiger partial charge in [0.2, 0.25) is 11.0 Å². The van der Waals surface area contributed by atoms with Crippen molar-refractivity contribution in [1.29, 1.82) is 0 Å². The van der Waals surface area contributed by atoms with E-state index < -0.39 is 0 Å². The number of thioether (sulfide) groups is 1. The third-order valence-electron chi connectivity index (χ3n) is 3.08. The first kappa shape index (κ1) is 18.0. The fourth-order valence-electron chi connectivity index (χ4n) is 1.87. The average Bonchev–Trinajstić information content (AvgIpc) is 3.35. The maximum Gasteiger partial charge on any atom is 0.269 e.